The Labute approximate surface area is 135 Å². The summed E-state index contributed by atoms with van der Waals surface area (Å²) in [6, 6.07) is 11.2. The van der Waals surface area contributed by atoms with Crippen molar-refractivity contribution in [3.8, 4) is 0 Å². The van der Waals surface area contributed by atoms with E-state index >= 15 is 0 Å². The summed E-state index contributed by atoms with van der Waals surface area (Å²) in [5.74, 6) is -0.375. The van der Waals surface area contributed by atoms with Crippen LogP contribution in [0.25, 0.3) is 6.08 Å². The van der Waals surface area contributed by atoms with Gasteiger partial charge in [-0.05, 0) is 36.4 Å². The first-order valence-electron chi connectivity index (χ1n) is 6.94. The van der Waals surface area contributed by atoms with Crippen LogP contribution in [0, 0.1) is 0 Å². The van der Waals surface area contributed by atoms with Gasteiger partial charge in [0.25, 0.3) is 5.91 Å². The number of amides is 1. The molecule has 0 saturated carbocycles. The van der Waals surface area contributed by atoms with Crippen LogP contribution in [0.2, 0.25) is 0 Å². The number of alkyl halides is 3. The Morgan fingerprint density at radius 3 is 2.46 bits per heavy atom. The second kappa shape index (κ2) is 6.19. The molecule has 1 aliphatic rings. The topological polar surface area (TPSA) is 45.8 Å². The Hall–Kier alpha value is -3.09. The van der Waals surface area contributed by atoms with Crippen molar-refractivity contribution in [1.29, 1.82) is 0 Å². The summed E-state index contributed by atoms with van der Waals surface area (Å²) < 4.78 is 44.6. The molecule has 1 aromatic carbocycles. The minimum Gasteiger partial charge on any atom is -0.465 e. The van der Waals surface area contributed by atoms with Crippen molar-refractivity contribution in [3.05, 3.63) is 72.2 Å². The molecule has 0 atom stereocenters. The van der Waals surface area contributed by atoms with Gasteiger partial charge in [-0.15, -0.1) is 0 Å². The van der Waals surface area contributed by atoms with E-state index in [0.29, 0.717) is 5.76 Å². The number of hydrogen-bond acceptors (Lipinski definition) is 3. The number of benzene rings is 1. The molecule has 0 aliphatic carbocycles. The molecule has 1 aliphatic heterocycles. The molecule has 1 aromatic heterocycles. The van der Waals surface area contributed by atoms with Crippen molar-refractivity contribution in [2.75, 3.05) is 5.01 Å². The maximum atomic E-state index is 13.2. The first-order valence-corrected chi connectivity index (χ1v) is 6.94. The van der Waals surface area contributed by atoms with Crippen molar-refractivity contribution in [3.63, 3.8) is 0 Å². The number of rotatable bonds is 3. The maximum Gasteiger partial charge on any atom is 0.435 e. The van der Waals surface area contributed by atoms with Crippen molar-refractivity contribution >= 4 is 23.4 Å². The SMILES string of the molecule is O=C1/C(=C\C=C/c2ccco2)C(C(F)(F)F)=NN1c1ccccc1. The Morgan fingerprint density at radius 1 is 1.08 bits per heavy atom. The third-order valence-corrected chi connectivity index (χ3v) is 3.21. The van der Waals surface area contributed by atoms with E-state index in [1.54, 1.807) is 30.3 Å². The molecule has 0 saturated heterocycles. The van der Waals surface area contributed by atoms with Crippen LogP contribution in [0.3, 0.4) is 0 Å². The number of hydrazone groups is 1. The number of hydrogen-bond donors (Lipinski definition) is 0. The first-order chi connectivity index (χ1) is 11.5. The minimum atomic E-state index is -4.73. The highest BCUT2D eigenvalue weighted by Gasteiger charge is 2.46. The summed E-state index contributed by atoms with van der Waals surface area (Å²) in [5.41, 5.74) is -1.47. The Balaban J connectivity index is 1.96. The van der Waals surface area contributed by atoms with Gasteiger partial charge >= 0.3 is 6.18 Å². The lowest BCUT2D eigenvalue weighted by atomic mass is 10.1. The molecule has 1 amide bonds. The van der Waals surface area contributed by atoms with E-state index in [4.69, 9.17) is 4.42 Å². The van der Waals surface area contributed by atoms with Crippen LogP contribution in [0.4, 0.5) is 18.9 Å². The fraction of sp³-hybridized carbons (Fsp3) is 0.0588. The van der Waals surface area contributed by atoms with Crippen LogP contribution < -0.4 is 5.01 Å². The van der Waals surface area contributed by atoms with Crippen LogP contribution in [0.1, 0.15) is 5.76 Å². The van der Waals surface area contributed by atoms with Gasteiger partial charge < -0.3 is 4.42 Å². The van der Waals surface area contributed by atoms with Gasteiger partial charge in [-0.25, -0.2) is 0 Å². The molecule has 3 rings (SSSR count). The van der Waals surface area contributed by atoms with Gasteiger partial charge in [-0.1, -0.05) is 24.3 Å². The summed E-state index contributed by atoms with van der Waals surface area (Å²) in [7, 11) is 0. The largest absolute Gasteiger partial charge is 0.465 e. The Kier molecular flexibility index (Phi) is 4.07. The molecular weight excluding hydrogens is 321 g/mol. The third-order valence-electron chi connectivity index (χ3n) is 3.21. The maximum absolute atomic E-state index is 13.2. The molecule has 0 N–H and O–H groups in total. The molecule has 0 unspecified atom stereocenters. The monoisotopic (exact) mass is 332 g/mol. The summed E-state index contributed by atoms with van der Waals surface area (Å²) in [5, 5.41) is 4.20. The lowest BCUT2D eigenvalue weighted by Crippen LogP contribution is -2.25. The van der Waals surface area contributed by atoms with Gasteiger partial charge in [0, 0.05) is 0 Å². The van der Waals surface area contributed by atoms with E-state index in [0.717, 1.165) is 11.1 Å². The summed E-state index contributed by atoms with van der Waals surface area (Å²) in [6.07, 6.45) is 0.568. The fourth-order valence-electron chi connectivity index (χ4n) is 2.14. The van der Waals surface area contributed by atoms with Crippen LogP contribution in [-0.4, -0.2) is 17.8 Å². The standard InChI is InChI=1S/C17H11F3N2O2/c18-17(19,20)15-14(10-4-8-13-9-5-11-24-13)16(23)22(21-15)12-6-2-1-3-7-12/h1-11H/b8-4-,14-10-. The minimum absolute atomic E-state index is 0.266. The fourth-order valence-corrected chi connectivity index (χ4v) is 2.14. The molecule has 122 valence electrons. The molecule has 0 radical (unpaired) electrons. The van der Waals surface area contributed by atoms with Crippen LogP contribution in [0.15, 0.2) is 76.0 Å². The van der Waals surface area contributed by atoms with Crippen LogP contribution in [0.5, 0.6) is 0 Å². The number of halogens is 3. The van der Waals surface area contributed by atoms with Crippen LogP contribution >= 0.6 is 0 Å². The van der Waals surface area contributed by atoms with E-state index in [1.165, 1.54) is 30.5 Å². The van der Waals surface area contributed by atoms with Crippen molar-refractivity contribution in [2.45, 2.75) is 6.18 Å². The highest BCUT2D eigenvalue weighted by molar-refractivity contribution is 6.32. The van der Waals surface area contributed by atoms with Crippen molar-refractivity contribution in [2.24, 2.45) is 5.10 Å². The number of carbonyl (C=O) groups excluding carboxylic acids is 1. The molecule has 2 aromatic rings. The number of furan rings is 1. The number of para-hydroxylation sites is 1. The van der Waals surface area contributed by atoms with Gasteiger partial charge in [0.15, 0.2) is 5.71 Å². The van der Waals surface area contributed by atoms with E-state index in [1.807, 2.05) is 0 Å². The van der Waals surface area contributed by atoms with Crippen molar-refractivity contribution < 1.29 is 22.4 Å². The van der Waals surface area contributed by atoms with Gasteiger partial charge in [0.05, 0.1) is 17.5 Å². The second-order valence-corrected chi connectivity index (χ2v) is 4.85. The smallest absolute Gasteiger partial charge is 0.435 e. The molecule has 0 bridgehead atoms. The molecule has 24 heavy (non-hydrogen) atoms. The Bertz CT molecular complexity index is 819. The molecule has 7 heteroatoms. The quantitative estimate of drug-likeness (QED) is 0.792. The Morgan fingerprint density at radius 2 is 1.83 bits per heavy atom. The van der Waals surface area contributed by atoms with Crippen LogP contribution in [-0.2, 0) is 4.79 Å². The average molecular weight is 332 g/mol. The average Bonchev–Trinajstić information content (AvgIpc) is 3.17. The first kappa shape index (κ1) is 15.8. The summed E-state index contributed by atoms with van der Waals surface area (Å²) in [6.45, 7) is 0. The normalized spacial score (nSPS) is 17.1. The van der Waals surface area contributed by atoms with Gasteiger partial charge in [0.1, 0.15) is 5.76 Å². The predicted octanol–water partition coefficient (Wildman–Crippen LogP) is 4.18. The second-order valence-electron chi connectivity index (χ2n) is 4.85. The lowest BCUT2D eigenvalue weighted by Gasteiger charge is -2.10. The lowest BCUT2D eigenvalue weighted by molar-refractivity contribution is -0.114. The molecule has 0 spiro atoms. The predicted molar refractivity (Wildman–Crippen MR) is 83.2 cm³/mol. The highest BCUT2D eigenvalue weighted by Crippen LogP contribution is 2.31. The van der Waals surface area contributed by atoms with E-state index in [2.05, 4.69) is 5.10 Å². The summed E-state index contributed by atoms with van der Waals surface area (Å²) >= 11 is 0. The zero-order valence-corrected chi connectivity index (χ0v) is 12.2. The van der Waals surface area contributed by atoms with E-state index < -0.39 is 23.4 Å². The van der Waals surface area contributed by atoms with Gasteiger partial charge in [-0.3, -0.25) is 4.79 Å². The highest BCUT2D eigenvalue weighted by atomic mass is 19.4. The zero-order valence-electron chi connectivity index (χ0n) is 12.2. The molecule has 4 nitrogen and oxygen atoms in total. The van der Waals surface area contributed by atoms with Gasteiger partial charge in [0.2, 0.25) is 0 Å². The molecule has 0 fully saturated rings. The molecule has 2 heterocycles. The number of carbonyl (C=O) groups is 1. The number of nitrogens with zero attached hydrogens (tertiary/aromatic N) is 2. The van der Waals surface area contributed by atoms with Gasteiger partial charge in [-0.2, -0.15) is 23.3 Å². The van der Waals surface area contributed by atoms with Crippen molar-refractivity contribution in [1.82, 2.24) is 0 Å². The van der Waals surface area contributed by atoms with E-state index in [-0.39, 0.29) is 5.69 Å². The zero-order chi connectivity index (χ0) is 17.2. The third kappa shape index (κ3) is 3.15. The molecular formula is C17H11F3N2O2. The number of allylic oxidation sites excluding steroid dienone is 2. The number of anilines is 1. The van der Waals surface area contributed by atoms with E-state index in [9.17, 15) is 18.0 Å². The summed E-state index contributed by atoms with van der Waals surface area (Å²) in [4.78, 5) is 12.3.